The summed E-state index contributed by atoms with van der Waals surface area (Å²) in [6.45, 7) is 3.97. The average Bonchev–Trinajstić information content (AvgIpc) is 2.65. The number of carbonyl (C=O) groups is 2. The highest BCUT2D eigenvalue weighted by molar-refractivity contribution is 5.96. The molecule has 7 nitrogen and oxygen atoms in total. The molecule has 0 fully saturated rings. The molecule has 0 aromatic carbocycles. The van der Waals surface area contributed by atoms with Gasteiger partial charge in [0.05, 0.1) is 0 Å². The lowest BCUT2D eigenvalue weighted by atomic mass is 10.1. The Morgan fingerprint density at radius 3 is 2.64 bits per heavy atom. The minimum atomic E-state index is -2.90. The van der Waals surface area contributed by atoms with Crippen LogP contribution in [-0.4, -0.2) is 34.3 Å². The Hall–Kier alpha value is -3.10. The second-order valence-corrected chi connectivity index (χ2v) is 6.24. The van der Waals surface area contributed by atoms with Crippen molar-refractivity contribution in [2.75, 3.05) is 11.9 Å². The highest BCUT2D eigenvalue weighted by atomic mass is 19.3. The van der Waals surface area contributed by atoms with E-state index in [-0.39, 0.29) is 36.5 Å². The number of alkyl halides is 2. The van der Waals surface area contributed by atoms with Gasteiger partial charge in [-0.25, -0.2) is 18.7 Å². The third-order valence-electron chi connectivity index (χ3n) is 3.91. The fourth-order valence-corrected chi connectivity index (χ4v) is 2.20. The standard InChI is InChI=1S/C19H22F2N4O3/c1-4-19(20,21)11-28-17-7-12(2)15(9-23-17)10-24-18(27)14-5-6-22-16(8-14)25-13(3)26/h5-9H,4,10-11H2,1-3H3,(H,24,27)(H,22,25,26). The summed E-state index contributed by atoms with van der Waals surface area (Å²) in [4.78, 5) is 31.3. The van der Waals surface area contributed by atoms with E-state index in [1.807, 2.05) is 0 Å². The number of aromatic nitrogens is 2. The Balaban J connectivity index is 1.97. The zero-order valence-corrected chi connectivity index (χ0v) is 15.9. The molecule has 28 heavy (non-hydrogen) atoms. The number of halogens is 2. The number of anilines is 1. The lowest BCUT2D eigenvalue weighted by Crippen LogP contribution is -2.25. The van der Waals surface area contributed by atoms with E-state index in [9.17, 15) is 18.4 Å². The number of carbonyl (C=O) groups excluding carboxylic acids is 2. The predicted octanol–water partition coefficient (Wildman–Crippen LogP) is 3.10. The molecule has 0 bridgehead atoms. The molecule has 0 atom stereocenters. The van der Waals surface area contributed by atoms with Gasteiger partial charge in [-0.15, -0.1) is 0 Å². The van der Waals surface area contributed by atoms with Crippen molar-refractivity contribution in [3.8, 4) is 5.88 Å². The average molecular weight is 392 g/mol. The van der Waals surface area contributed by atoms with Crippen molar-refractivity contribution < 1.29 is 23.1 Å². The van der Waals surface area contributed by atoms with Crippen LogP contribution in [-0.2, 0) is 11.3 Å². The van der Waals surface area contributed by atoms with E-state index in [1.165, 1.54) is 38.4 Å². The van der Waals surface area contributed by atoms with E-state index < -0.39 is 12.5 Å². The number of ether oxygens (including phenoxy) is 1. The molecule has 0 aliphatic carbocycles. The number of nitrogens with zero attached hydrogens (tertiary/aromatic N) is 2. The van der Waals surface area contributed by atoms with E-state index in [0.29, 0.717) is 5.56 Å². The van der Waals surface area contributed by atoms with Gasteiger partial charge in [0.25, 0.3) is 11.8 Å². The van der Waals surface area contributed by atoms with Gasteiger partial charge in [0.15, 0.2) is 6.61 Å². The van der Waals surface area contributed by atoms with Gasteiger partial charge in [0.1, 0.15) is 5.82 Å². The summed E-state index contributed by atoms with van der Waals surface area (Å²) in [6.07, 6.45) is 2.59. The van der Waals surface area contributed by atoms with Crippen LogP contribution in [0.4, 0.5) is 14.6 Å². The second-order valence-electron chi connectivity index (χ2n) is 6.24. The number of hydrogen-bond acceptors (Lipinski definition) is 5. The molecule has 2 rings (SSSR count). The molecule has 0 saturated heterocycles. The molecule has 0 aliphatic rings. The molecule has 0 saturated carbocycles. The smallest absolute Gasteiger partial charge is 0.281 e. The number of rotatable bonds is 8. The molecule has 150 valence electrons. The van der Waals surface area contributed by atoms with Crippen LogP contribution in [0.15, 0.2) is 30.6 Å². The Labute approximate surface area is 161 Å². The zero-order valence-electron chi connectivity index (χ0n) is 15.9. The maximum Gasteiger partial charge on any atom is 0.281 e. The molecule has 0 aliphatic heterocycles. The summed E-state index contributed by atoms with van der Waals surface area (Å²) in [5.74, 6) is -3.15. The van der Waals surface area contributed by atoms with Crippen LogP contribution in [0.1, 0.15) is 41.8 Å². The van der Waals surface area contributed by atoms with Crippen molar-refractivity contribution in [2.24, 2.45) is 0 Å². The first-order valence-electron chi connectivity index (χ1n) is 8.68. The highest BCUT2D eigenvalue weighted by Gasteiger charge is 2.27. The monoisotopic (exact) mass is 392 g/mol. The molecule has 2 N–H and O–H groups in total. The Morgan fingerprint density at radius 2 is 2.00 bits per heavy atom. The van der Waals surface area contributed by atoms with Crippen molar-refractivity contribution in [1.82, 2.24) is 15.3 Å². The summed E-state index contributed by atoms with van der Waals surface area (Å²) < 4.78 is 31.6. The fraction of sp³-hybridized carbons (Fsp3) is 0.368. The van der Waals surface area contributed by atoms with Gasteiger partial charge >= 0.3 is 0 Å². The van der Waals surface area contributed by atoms with Crippen LogP contribution < -0.4 is 15.4 Å². The number of nitrogens with one attached hydrogen (secondary N) is 2. The summed E-state index contributed by atoms with van der Waals surface area (Å²) in [6, 6.07) is 4.54. The van der Waals surface area contributed by atoms with E-state index in [0.717, 1.165) is 11.1 Å². The quantitative estimate of drug-likeness (QED) is 0.720. The van der Waals surface area contributed by atoms with Crippen molar-refractivity contribution in [3.05, 3.63) is 47.3 Å². The molecular formula is C19H22F2N4O3. The number of hydrogen-bond donors (Lipinski definition) is 2. The van der Waals surface area contributed by atoms with E-state index in [1.54, 1.807) is 13.0 Å². The molecule has 9 heteroatoms. The van der Waals surface area contributed by atoms with Crippen molar-refractivity contribution in [1.29, 1.82) is 0 Å². The summed E-state index contributed by atoms with van der Waals surface area (Å²) in [5.41, 5.74) is 1.81. The molecule has 2 amide bonds. The van der Waals surface area contributed by atoms with Crippen molar-refractivity contribution in [2.45, 2.75) is 39.7 Å². The van der Waals surface area contributed by atoms with Gasteiger partial charge in [-0.3, -0.25) is 9.59 Å². The zero-order chi connectivity index (χ0) is 20.7. The van der Waals surface area contributed by atoms with Crippen molar-refractivity contribution >= 4 is 17.6 Å². The molecule has 0 spiro atoms. The topological polar surface area (TPSA) is 93.2 Å². The lowest BCUT2D eigenvalue weighted by molar-refractivity contribution is -0.114. The molecule has 0 unspecified atom stereocenters. The van der Waals surface area contributed by atoms with Gasteiger partial charge in [-0.1, -0.05) is 6.92 Å². The summed E-state index contributed by atoms with van der Waals surface area (Å²) in [7, 11) is 0. The Bertz CT molecular complexity index is 859. The van der Waals surface area contributed by atoms with E-state index in [2.05, 4.69) is 20.6 Å². The van der Waals surface area contributed by atoms with Gasteiger partial charge < -0.3 is 15.4 Å². The minimum absolute atomic E-state index is 0.106. The first kappa shape index (κ1) is 21.2. The lowest BCUT2D eigenvalue weighted by Gasteiger charge is -2.15. The number of aryl methyl sites for hydroxylation is 1. The van der Waals surface area contributed by atoms with Crippen LogP contribution in [0.2, 0.25) is 0 Å². The summed E-state index contributed by atoms with van der Waals surface area (Å²) in [5, 5.41) is 5.25. The molecule has 2 heterocycles. The molecular weight excluding hydrogens is 370 g/mol. The maximum atomic E-state index is 13.3. The molecule has 2 aromatic rings. The minimum Gasteiger partial charge on any atom is -0.471 e. The van der Waals surface area contributed by atoms with Gasteiger partial charge in [-0.05, 0) is 30.2 Å². The van der Waals surface area contributed by atoms with E-state index >= 15 is 0 Å². The third-order valence-corrected chi connectivity index (χ3v) is 3.91. The van der Waals surface area contributed by atoms with Crippen LogP contribution in [0.5, 0.6) is 5.88 Å². The first-order valence-corrected chi connectivity index (χ1v) is 8.68. The summed E-state index contributed by atoms with van der Waals surface area (Å²) >= 11 is 0. The highest BCUT2D eigenvalue weighted by Crippen LogP contribution is 2.20. The van der Waals surface area contributed by atoms with Gasteiger partial charge in [0.2, 0.25) is 11.8 Å². The first-order chi connectivity index (χ1) is 13.2. The molecule has 2 aromatic heterocycles. The predicted molar refractivity (Wildman–Crippen MR) is 99.4 cm³/mol. The molecule has 0 radical (unpaired) electrons. The van der Waals surface area contributed by atoms with Crippen LogP contribution in [0, 0.1) is 6.92 Å². The van der Waals surface area contributed by atoms with Crippen LogP contribution >= 0.6 is 0 Å². The van der Waals surface area contributed by atoms with E-state index in [4.69, 9.17) is 4.74 Å². The maximum absolute atomic E-state index is 13.3. The largest absolute Gasteiger partial charge is 0.471 e. The van der Waals surface area contributed by atoms with Gasteiger partial charge in [0, 0.05) is 43.9 Å². The SMILES string of the molecule is CCC(F)(F)COc1cc(C)c(CNC(=O)c2ccnc(NC(C)=O)c2)cn1. The number of pyridine rings is 2. The second kappa shape index (κ2) is 9.20. The number of amides is 2. The van der Waals surface area contributed by atoms with Gasteiger partial charge in [-0.2, -0.15) is 0 Å². The Kier molecular flexibility index (Phi) is 6.97. The third kappa shape index (κ3) is 6.26. The van der Waals surface area contributed by atoms with Crippen LogP contribution in [0.3, 0.4) is 0 Å². The fourth-order valence-electron chi connectivity index (χ4n) is 2.20. The van der Waals surface area contributed by atoms with Crippen LogP contribution in [0.25, 0.3) is 0 Å². The normalized spacial score (nSPS) is 11.0. The Morgan fingerprint density at radius 1 is 1.25 bits per heavy atom. The van der Waals surface area contributed by atoms with Crippen molar-refractivity contribution in [3.63, 3.8) is 0 Å².